The zero-order valence-electron chi connectivity index (χ0n) is 14.6. The highest BCUT2D eigenvalue weighted by Gasteiger charge is 2.33. The number of alkyl halides is 7. The first kappa shape index (κ1) is 24.5. The molecule has 0 aliphatic rings. The number of carbonyl (C=O) groups excluding carboxylic acids is 2. The van der Waals surface area contributed by atoms with Crippen LogP contribution >= 0.6 is 15.9 Å². The molecule has 2 rings (SSSR count). The summed E-state index contributed by atoms with van der Waals surface area (Å²) in [6.45, 7) is 1.18. The van der Waals surface area contributed by atoms with Crippen LogP contribution in [-0.4, -0.2) is 29.6 Å². The molecule has 0 bridgehead atoms. The third-order valence-electron chi connectivity index (χ3n) is 3.03. The maximum Gasteiger partial charge on any atom is 0.573 e. The van der Waals surface area contributed by atoms with Gasteiger partial charge >= 0.3 is 12.7 Å². The van der Waals surface area contributed by atoms with Crippen LogP contribution in [0.1, 0.15) is 27.6 Å². The summed E-state index contributed by atoms with van der Waals surface area (Å²) in [6.07, 6.45) is -9.56. The van der Waals surface area contributed by atoms with E-state index in [9.17, 15) is 35.9 Å². The fraction of sp³-hybridized carbons (Fsp3) is 0.222. The van der Waals surface area contributed by atoms with Gasteiger partial charge in [-0.1, -0.05) is 40.2 Å². The molecule has 0 fully saturated rings. The molecule has 0 radical (unpaired) electrons. The molecule has 4 nitrogen and oxygen atoms in total. The number of hydrogen-bond donors (Lipinski definition) is 0. The molecule has 0 atom stereocenters. The van der Waals surface area contributed by atoms with E-state index in [2.05, 4.69) is 25.4 Å². The Hall–Kier alpha value is -2.56. The maximum atomic E-state index is 11.9. The van der Waals surface area contributed by atoms with Crippen molar-refractivity contribution in [3.8, 4) is 11.5 Å². The van der Waals surface area contributed by atoms with E-state index in [-0.39, 0.29) is 16.5 Å². The molecule has 0 saturated heterocycles. The summed E-state index contributed by atoms with van der Waals surface area (Å²) in [5.41, 5.74) is -0.170. The Labute approximate surface area is 169 Å². The molecule has 0 heterocycles. The minimum absolute atomic E-state index is 0.0504. The number of Topliss-reactive ketones (excluding diaryl/α,β-unsaturated/α-hetero) is 2. The number of hydrogen-bond acceptors (Lipinski definition) is 4. The molecule has 0 aliphatic carbocycles. The van der Waals surface area contributed by atoms with Crippen LogP contribution in [0.5, 0.6) is 11.5 Å². The highest BCUT2D eigenvalue weighted by atomic mass is 79.9. The molecule has 2 aromatic carbocycles. The van der Waals surface area contributed by atoms with Crippen LogP contribution < -0.4 is 9.47 Å². The van der Waals surface area contributed by atoms with Crippen molar-refractivity contribution in [3.63, 3.8) is 0 Å². The molecule has 0 N–H and O–H groups in total. The minimum Gasteiger partial charge on any atom is -0.405 e. The van der Waals surface area contributed by atoms with E-state index in [1.807, 2.05) is 0 Å². The van der Waals surface area contributed by atoms with Crippen LogP contribution in [-0.2, 0) is 0 Å². The summed E-state index contributed by atoms with van der Waals surface area (Å²) in [4.78, 5) is 22.1. The van der Waals surface area contributed by atoms with Crippen molar-refractivity contribution in [2.45, 2.75) is 19.6 Å². The number of halogens is 7. The third-order valence-corrected chi connectivity index (χ3v) is 3.54. The molecule has 0 saturated carbocycles. The Morgan fingerprint density at radius 1 is 0.793 bits per heavy atom. The lowest BCUT2D eigenvalue weighted by Crippen LogP contribution is -2.19. The highest BCUT2D eigenvalue weighted by Crippen LogP contribution is 2.27. The molecule has 2 aromatic rings. The fourth-order valence-electron chi connectivity index (χ4n) is 1.95. The lowest BCUT2D eigenvalue weighted by Gasteiger charge is -2.11. The van der Waals surface area contributed by atoms with Crippen LogP contribution in [0.25, 0.3) is 0 Å². The zero-order valence-corrected chi connectivity index (χ0v) is 16.2. The van der Waals surface area contributed by atoms with Gasteiger partial charge < -0.3 is 9.47 Å². The molecule has 0 aliphatic heterocycles. The van der Waals surface area contributed by atoms with Crippen LogP contribution in [0.15, 0.2) is 48.5 Å². The van der Waals surface area contributed by atoms with Gasteiger partial charge in [0.25, 0.3) is 0 Å². The van der Waals surface area contributed by atoms with Gasteiger partial charge in [-0.05, 0) is 31.2 Å². The van der Waals surface area contributed by atoms with Crippen molar-refractivity contribution in [1.82, 2.24) is 0 Å². The number of para-hydroxylation sites is 2. The Bertz CT molecular complexity index is 849. The lowest BCUT2D eigenvalue weighted by molar-refractivity contribution is -0.275. The average molecular weight is 487 g/mol. The predicted molar refractivity (Wildman–Crippen MR) is 94.4 cm³/mol. The van der Waals surface area contributed by atoms with Crippen LogP contribution in [0.2, 0.25) is 0 Å². The monoisotopic (exact) mass is 486 g/mol. The third kappa shape index (κ3) is 8.99. The number of carbonyl (C=O) groups is 2. The molecular formula is C18H13BrF6O4. The summed E-state index contributed by atoms with van der Waals surface area (Å²) >= 11 is 2.88. The zero-order chi connectivity index (χ0) is 22.2. The summed E-state index contributed by atoms with van der Waals surface area (Å²) in [6, 6.07) is 10.4. The number of ether oxygens (including phenoxy) is 2. The topological polar surface area (TPSA) is 52.6 Å². The summed E-state index contributed by atoms with van der Waals surface area (Å²) in [5, 5.41) is -0.0504. The molecular weight excluding hydrogens is 474 g/mol. The Balaban J connectivity index is 0.000000291. The number of benzene rings is 2. The summed E-state index contributed by atoms with van der Waals surface area (Å²) in [7, 11) is 0. The van der Waals surface area contributed by atoms with Crippen LogP contribution in [0.4, 0.5) is 26.3 Å². The quantitative estimate of drug-likeness (QED) is 0.297. The first-order valence-electron chi connectivity index (χ1n) is 7.63. The average Bonchev–Trinajstić information content (AvgIpc) is 2.59. The smallest absolute Gasteiger partial charge is 0.405 e. The number of ketones is 2. The van der Waals surface area contributed by atoms with E-state index in [1.54, 1.807) is 0 Å². The minimum atomic E-state index is -4.79. The van der Waals surface area contributed by atoms with Gasteiger partial charge in [-0.15, -0.1) is 26.3 Å². The molecule has 0 unspecified atom stereocenters. The normalized spacial score (nSPS) is 11.2. The van der Waals surface area contributed by atoms with Gasteiger partial charge in [-0.3, -0.25) is 9.59 Å². The Morgan fingerprint density at radius 3 is 1.55 bits per heavy atom. The second-order valence-electron chi connectivity index (χ2n) is 5.20. The standard InChI is InChI=1S/C9H6BrF3O2.C9H7F3O2/c10-5-7(14)6-3-1-2-4-8(6)15-9(11,12)13;1-6(13)7-4-2-3-5-8(7)14-9(10,11)12/h1-4H,5H2;2-5H,1H3. The molecule has 29 heavy (non-hydrogen) atoms. The second-order valence-corrected chi connectivity index (χ2v) is 5.76. The second kappa shape index (κ2) is 10.3. The first-order chi connectivity index (χ1) is 13.3. The van der Waals surface area contributed by atoms with Gasteiger partial charge in [0.2, 0.25) is 0 Å². The van der Waals surface area contributed by atoms with E-state index in [1.165, 1.54) is 43.3 Å². The maximum absolute atomic E-state index is 11.9. The van der Waals surface area contributed by atoms with Crippen molar-refractivity contribution < 1.29 is 45.4 Å². The van der Waals surface area contributed by atoms with Gasteiger partial charge in [-0.25, -0.2) is 0 Å². The van der Waals surface area contributed by atoms with E-state index in [0.717, 1.165) is 12.1 Å². The summed E-state index contributed by atoms with van der Waals surface area (Å²) in [5.74, 6) is -1.87. The predicted octanol–water partition coefficient (Wildman–Crippen LogP) is 5.95. The van der Waals surface area contributed by atoms with Crippen molar-refractivity contribution in [1.29, 1.82) is 0 Å². The van der Waals surface area contributed by atoms with E-state index in [4.69, 9.17) is 0 Å². The van der Waals surface area contributed by atoms with Crippen molar-refractivity contribution in [2.75, 3.05) is 5.33 Å². The van der Waals surface area contributed by atoms with E-state index in [0.29, 0.717) is 0 Å². The molecule has 0 spiro atoms. The van der Waals surface area contributed by atoms with Gasteiger partial charge in [0.15, 0.2) is 11.6 Å². The molecule has 11 heteroatoms. The van der Waals surface area contributed by atoms with E-state index < -0.39 is 35.8 Å². The van der Waals surface area contributed by atoms with Gasteiger partial charge in [0, 0.05) is 0 Å². The lowest BCUT2D eigenvalue weighted by atomic mass is 10.1. The first-order valence-corrected chi connectivity index (χ1v) is 8.76. The van der Waals surface area contributed by atoms with Gasteiger partial charge in [0.1, 0.15) is 11.5 Å². The van der Waals surface area contributed by atoms with Crippen LogP contribution in [0.3, 0.4) is 0 Å². The van der Waals surface area contributed by atoms with Crippen molar-refractivity contribution >= 4 is 27.5 Å². The highest BCUT2D eigenvalue weighted by molar-refractivity contribution is 9.09. The Morgan fingerprint density at radius 2 is 1.17 bits per heavy atom. The van der Waals surface area contributed by atoms with E-state index >= 15 is 0 Å². The van der Waals surface area contributed by atoms with Gasteiger partial charge in [0.05, 0.1) is 16.5 Å². The molecule has 0 aromatic heterocycles. The molecule has 0 amide bonds. The largest absolute Gasteiger partial charge is 0.573 e. The van der Waals surface area contributed by atoms with Crippen molar-refractivity contribution in [2.24, 2.45) is 0 Å². The van der Waals surface area contributed by atoms with Crippen LogP contribution in [0, 0.1) is 0 Å². The Kier molecular flexibility index (Phi) is 8.68. The van der Waals surface area contributed by atoms with Crippen molar-refractivity contribution in [3.05, 3.63) is 59.7 Å². The number of rotatable bonds is 5. The SMILES string of the molecule is CC(=O)c1ccccc1OC(F)(F)F.O=C(CBr)c1ccccc1OC(F)(F)F. The fourth-order valence-corrected chi connectivity index (χ4v) is 2.26. The van der Waals surface area contributed by atoms with Gasteiger partial charge in [-0.2, -0.15) is 0 Å². The summed E-state index contributed by atoms with van der Waals surface area (Å²) < 4.78 is 78.8. The molecule has 158 valence electrons.